The van der Waals surface area contributed by atoms with Crippen molar-refractivity contribution in [3.63, 3.8) is 0 Å². The highest BCUT2D eigenvalue weighted by atomic mass is 32.1. The molecule has 0 amide bonds. The van der Waals surface area contributed by atoms with Crippen LogP contribution in [0, 0.1) is 0 Å². The molecule has 0 spiro atoms. The number of allylic oxidation sites excluding steroid dienone is 6. The molecule has 92 valence electrons. The molecule has 0 aromatic rings. The van der Waals surface area contributed by atoms with Crippen LogP contribution in [0.2, 0.25) is 0 Å². The zero-order chi connectivity index (χ0) is 13.3. The molecule has 0 heterocycles. The van der Waals surface area contributed by atoms with E-state index in [9.17, 15) is 9.59 Å². The smallest absolute Gasteiger partial charge is 0.193 e. The number of carbonyl (C=O) groups is 2. The quantitative estimate of drug-likeness (QED) is 0.310. The van der Waals surface area contributed by atoms with Crippen molar-refractivity contribution in [1.82, 2.24) is 0 Å². The molecule has 0 aliphatic heterocycles. The largest absolute Gasteiger partial charge is 0.294 e. The predicted molar refractivity (Wildman–Crippen MR) is 75.1 cm³/mol. The van der Waals surface area contributed by atoms with Gasteiger partial charge in [0.1, 0.15) is 0 Å². The summed E-state index contributed by atoms with van der Waals surface area (Å²) in [6, 6.07) is 0. The number of ketones is 1. The molecular weight excluding hydrogens is 232 g/mol. The van der Waals surface area contributed by atoms with E-state index in [1.54, 1.807) is 19.1 Å². The van der Waals surface area contributed by atoms with Crippen LogP contribution in [0.15, 0.2) is 48.6 Å². The van der Waals surface area contributed by atoms with Crippen LogP contribution in [-0.2, 0) is 9.59 Å². The lowest BCUT2D eigenvalue weighted by Crippen LogP contribution is -2.03. The second-order valence-corrected chi connectivity index (χ2v) is 4.10. The minimum absolute atomic E-state index is 0.137. The molecule has 17 heavy (non-hydrogen) atoms. The highest BCUT2D eigenvalue weighted by molar-refractivity contribution is 7.96. The van der Waals surface area contributed by atoms with Crippen molar-refractivity contribution >= 4 is 23.5 Å². The van der Waals surface area contributed by atoms with Crippen LogP contribution in [0.1, 0.15) is 26.2 Å². The molecule has 0 fully saturated rings. The summed E-state index contributed by atoms with van der Waals surface area (Å²) in [7, 11) is 0. The molecule has 0 bridgehead atoms. The Bertz CT molecular complexity index is 376. The SMILES string of the molecule is C=C/C=C(\C=C)CC/C=C(\C)C(=O)CC(=O)S. The lowest BCUT2D eigenvalue weighted by Gasteiger charge is -2.00. The van der Waals surface area contributed by atoms with Crippen LogP contribution in [0.25, 0.3) is 0 Å². The average Bonchev–Trinajstić information content (AvgIpc) is 2.26. The summed E-state index contributed by atoms with van der Waals surface area (Å²) in [6.07, 6.45) is 8.60. The molecule has 0 aromatic heterocycles. The van der Waals surface area contributed by atoms with Gasteiger partial charge in [0.25, 0.3) is 0 Å². The zero-order valence-electron chi connectivity index (χ0n) is 10.1. The van der Waals surface area contributed by atoms with Crippen molar-refractivity contribution in [2.75, 3.05) is 0 Å². The molecule has 0 saturated carbocycles. The molecule has 0 aliphatic rings. The van der Waals surface area contributed by atoms with Crippen molar-refractivity contribution < 1.29 is 9.59 Å². The van der Waals surface area contributed by atoms with Gasteiger partial charge in [0.15, 0.2) is 10.9 Å². The van der Waals surface area contributed by atoms with Crippen LogP contribution in [0.3, 0.4) is 0 Å². The second kappa shape index (κ2) is 8.76. The fraction of sp³-hybridized carbons (Fsp3) is 0.286. The molecule has 0 aliphatic carbocycles. The second-order valence-electron chi connectivity index (χ2n) is 3.60. The summed E-state index contributed by atoms with van der Waals surface area (Å²) >= 11 is 3.58. The van der Waals surface area contributed by atoms with Crippen molar-refractivity contribution in [3.8, 4) is 0 Å². The van der Waals surface area contributed by atoms with Crippen LogP contribution in [0.4, 0.5) is 0 Å². The van der Waals surface area contributed by atoms with Crippen molar-refractivity contribution in [2.24, 2.45) is 0 Å². The Hall–Kier alpha value is -1.35. The number of Topliss-reactive ketones (excluding diaryl/α,β-unsaturated/α-hetero) is 1. The van der Waals surface area contributed by atoms with Gasteiger partial charge < -0.3 is 0 Å². The lowest BCUT2D eigenvalue weighted by atomic mass is 10.1. The summed E-state index contributed by atoms with van der Waals surface area (Å²) in [5.74, 6) is -0.169. The van der Waals surface area contributed by atoms with E-state index in [-0.39, 0.29) is 12.2 Å². The first-order valence-corrected chi connectivity index (χ1v) is 5.81. The van der Waals surface area contributed by atoms with Crippen LogP contribution in [0.5, 0.6) is 0 Å². The van der Waals surface area contributed by atoms with Crippen molar-refractivity contribution in [2.45, 2.75) is 26.2 Å². The van der Waals surface area contributed by atoms with Crippen LogP contribution < -0.4 is 0 Å². The van der Waals surface area contributed by atoms with Gasteiger partial charge in [-0.3, -0.25) is 9.59 Å². The Labute approximate surface area is 108 Å². The number of thiol groups is 1. The monoisotopic (exact) mass is 250 g/mol. The van der Waals surface area contributed by atoms with Crippen LogP contribution >= 0.6 is 12.6 Å². The Balaban J connectivity index is 4.28. The average molecular weight is 250 g/mol. The highest BCUT2D eigenvalue weighted by Gasteiger charge is 2.07. The van der Waals surface area contributed by atoms with Gasteiger partial charge >= 0.3 is 0 Å². The predicted octanol–water partition coefficient (Wildman–Crippen LogP) is 3.43. The molecule has 0 unspecified atom stereocenters. The molecule has 2 nitrogen and oxygen atoms in total. The molecule has 0 atom stereocenters. The van der Waals surface area contributed by atoms with Gasteiger partial charge in [-0.25, -0.2) is 0 Å². The van der Waals surface area contributed by atoms with Gasteiger partial charge in [0.2, 0.25) is 0 Å². The van der Waals surface area contributed by atoms with Gasteiger partial charge in [0.05, 0.1) is 6.42 Å². The maximum absolute atomic E-state index is 11.4. The fourth-order valence-electron chi connectivity index (χ4n) is 1.25. The first kappa shape index (κ1) is 15.7. The number of carbonyl (C=O) groups excluding carboxylic acids is 2. The molecular formula is C14H18O2S. The molecule has 3 heteroatoms. The van der Waals surface area contributed by atoms with Gasteiger partial charge in [-0.15, -0.1) is 12.6 Å². The normalized spacial score (nSPS) is 12.1. The number of rotatable bonds is 8. The third-order valence-corrected chi connectivity index (χ3v) is 2.39. The molecule has 0 rings (SSSR count). The zero-order valence-corrected chi connectivity index (χ0v) is 11.0. The fourth-order valence-corrected chi connectivity index (χ4v) is 1.39. The Morgan fingerprint density at radius 1 is 1.29 bits per heavy atom. The Morgan fingerprint density at radius 2 is 1.94 bits per heavy atom. The van der Waals surface area contributed by atoms with Gasteiger partial charge in [-0.05, 0) is 30.9 Å². The molecule has 0 radical (unpaired) electrons. The van der Waals surface area contributed by atoms with Gasteiger partial charge in [-0.2, -0.15) is 0 Å². The summed E-state index contributed by atoms with van der Waals surface area (Å²) in [4.78, 5) is 22.1. The molecule has 0 aromatic carbocycles. The third-order valence-electron chi connectivity index (χ3n) is 2.23. The minimum atomic E-state index is -0.402. The lowest BCUT2D eigenvalue weighted by molar-refractivity contribution is -0.120. The van der Waals surface area contributed by atoms with E-state index in [0.29, 0.717) is 5.57 Å². The van der Waals surface area contributed by atoms with Crippen LogP contribution in [-0.4, -0.2) is 10.9 Å². The van der Waals surface area contributed by atoms with E-state index in [1.807, 2.05) is 12.2 Å². The number of hydrogen-bond donors (Lipinski definition) is 1. The Kier molecular flexibility index (Phi) is 8.07. The van der Waals surface area contributed by atoms with Gasteiger partial charge in [0, 0.05) is 0 Å². The number of hydrogen-bond acceptors (Lipinski definition) is 2. The van der Waals surface area contributed by atoms with Gasteiger partial charge in [-0.1, -0.05) is 37.5 Å². The topological polar surface area (TPSA) is 34.1 Å². The maximum Gasteiger partial charge on any atom is 0.193 e. The summed E-state index contributed by atoms with van der Waals surface area (Å²) in [6.45, 7) is 9.02. The maximum atomic E-state index is 11.4. The first-order chi connectivity index (χ1) is 8.01. The Morgan fingerprint density at radius 3 is 2.41 bits per heavy atom. The van der Waals surface area contributed by atoms with E-state index in [0.717, 1.165) is 18.4 Å². The van der Waals surface area contributed by atoms with E-state index in [1.165, 1.54) is 0 Å². The minimum Gasteiger partial charge on any atom is -0.294 e. The van der Waals surface area contributed by atoms with Crippen molar-refractivity contribution in [3.05, 3.63) is 48.6 Å². The molecule has 0 saturated heterocycles. The summed E-state index contributed by atoms with van der Waals surface area (Å²) in [5.41, 5.74) is 1.68. The summed E-state index contributed by atoms with van der Waals surface area (Å²) in [5, 5.41) is -0.402. The standard InChI is InChI=1S/C14H18O2S/c1-4-7-12(5-2)9-6-8-11(3)13(15)10-14(16)17/h4-5,7-8H,1-2,6,9-10H2,3H3,(H,16,17)/b11-8+,12-7+. The van der Waals surface area contributed by atoms with E-state index < -0.39 is 5.12 Å². The van der Waals surface area contributed by atoms with E-state index in [2.05, 4.69) is 25.8 Å². The van der Waals surface area contributed by atoms with E-state index >= 15 is 0 Å². The first-order valence-electron chi connectivity index (χ1n) is 5.37. The third kappa shape index (κ3) is 7.53. The molecule has 0 N–H and O–H groups in total. The summed E-state index contributed by atoms with van der Waals surface area (Å²) < 4.78 is 0. The van der Waals surface area contributed by atoms with E-state index in [4.69, 9.17) is 0 Å². The van der Waals surface area contributed by atoms with Crippen molar-refractivity contribution in [1.29, 1.82) is 0 Å². The highest BCUT2D eigenvalue weighted by Crippen LogP contribution is 2.10.